The minimum absolute atomic E-state index is 0.0940. The highest BCUT2D eigenvalue weighted by molar-refractivity contribution is 6.31. The van der Waals surface area contributed by atoms with Crippen LogP contribution >= 0.6 is 11.6 Å². The molecular formula is C14H16ClN3O. The van der Waals surface area contributed by atoms with E-state index in [1.807, 2.05) is 0 Å². The van der Waals surface area contributed by atoms with Crippen molar-refractivity contribution in [3.05, 3.63) is 39.4 Å². The van der Waals surface area contributed by atoms with E-state index in [-0.39, 0.29) is 5.56 Å². The number of nitrogens with zero attached hydrogens (tertiary/aromatic N) is 2. The van der Waals surface area contributed by atoms with Crippen LogP contribution < -0.4 is 5.56 Å². The molecule has 1 aliphatic heterocycles. The molecule has 0 radical (unpaired) electrons. The van der Waals surface area contributed by atoms with Crippen LogP contribution in [0.25, 0.3) is 10.9 Å². The molecule has 1 aromatic heterocycles. The lowest BCUT2D eigenvalue weighted by Crippen LogP contribution is -2.28. The summed E-state index contributed by atoms with van der Waals surface area (Å²) in [5.41, 5.74) is 0.571. The molecule has 4 nitrogen and oxygen atoms in total. The third-order valence-electron chi connectivity index (χ3n) is 3.76. The fraction of sp³-hybridized carbons (Fsp3) is 0.429. The monoisotopic (exact) mass is 277 g/mol. The van der Waals surface area contributed by atoms with E-state index in [0.29, 0.717) is 34.3 Å². The molecule has 0 amide bonds. The van der Waals surface area contributed by atoms with Gasteiger partial charge in [-0.25, -0.2) is 4.98 Å². The largest absolute Gasteiger partial charge is 0.309 e. The van der Waals surface area contributed by atoms with E-state index in [1.54, 1.807) is 18.2 Å². The Kier molecular flexibility index (Phi) is 3.29. The maximum Gasteiger partial charge on any atom is 0.258 e. The van der Waals surface area contributed by atoms with Gasteiger partial charge in [0, 0.05) is 11.1 Å². The molecule has 1 N–H and O–H groups in total. The second-order valence-electron chi connectivity index (χ2n) is 5.14. The van der Waals surface area contributed by atoms with Gasteiger partial charge in [0.15, 0.2) is 0 Å². The van der Waals surface area contributed by atoms with Gasteiger partial charge in [-0.15, -0.1) is 0 Å². The fourth-order valence-electron chi connectivity index (χ4n) is 2.66. The van der Waals surface area contributed by atoms with E-state index >= 15 is 0 Å². The fourth-order valence-corrected chi connectivity index (χ4v) is 2.82. The van der Waals surface area contributed by atoms with Gasteiger partial charge in [0.05, 0.1) is 17.4 Å². The van der Waals surface area contributed by atoms with E-state index in [2.05, 4.69) is 21.8 Å². The first-order chi connectivity index (χ1) is 9.13. The summed E-state index contributed by atoms with van der Waals surface area (Å²) in [5, 5.41) is 1.19. The summed E-state index contributed by atoms with van der Waals surface area (Å²) in [4.78, 5) is 21.7. The molecule has 3 rings (SSSR count). The first-order valence-electron chi connectivity index (χ1n) is 6.56. The van der Waals surface area contributed by atoms with E-state index in [1.165, 1.54) is 12.8 Å². The molecule has 0 bridgehead atoms. The lowest BCUT2D eigenvalue weighted by atomic mass is 10.2. The molecule has 0 aliphatic carbocycles. The summed E-state index contributed by atoms with van der Waals surface area (Å²) in [7, 11) is 0. The van der Waals surface area contributed by atoms with E-state index in [0.717, 1.165) is 6.54 Å². The summed E-state index contributed by atoms with van der Waals surface area (Å²) in [6, 6.07) is 5.72. The van der Waals surface area contributed by atoms with Gasteiger partial charge in [-0.3, -0.25) is 9.69 Å². The lowest BCUT2D eigenvalue weighted by Gasteiger charge is -2.20. The van der Waals surface area contributed by atoms with Crippen LogP contribution in [0.2, 0.25) is 5.02 Å². The molecule has 2 heterocycles. The topological polar surface area (TPSA) is 49.0 Å². The Balaban J connectivity index is 1.98. The number of nitrogens with one attached hydrogen (secondary N) is 1. The molecule has 5 heteroatoms. The van der Waals surface area contributed by atoms with Crippen molar-refractivity contribution in [2.75, 3.05) is 6.54 Å². The van der Waals surface area contributed by atoms with Gasteiger partial charge in [0.1, 0.15) is 5.82 Å². The van der Waals surface area contributed by atoms with Crippen LogP contribution in [0.3, 0.4) is 0 Å². The van der Waals surface area contributed by atoms with Gasteiger partial charge in [0.2, 0.25) is 0 Å². The van der Waals surface area contributed by atoms with Crippen LogP contribution in [-0.4, -0.2) is 27.5 Å². The quantitative estimate of drug-likeness (QED) is 0.918. The smallest absolute Gasteiger partial charge is 0.258 e. The van der Waals surface area contributed by atoms with Gasteiger partial charge in [0.25, 0.3) is 5.56 Å². The first kappa shape index (κ1) is 12.6. The van der Waals surface area contributed by atoms with Gasteiger partial charge in [-0.2, -0.15) is 0 Å². The summed E-state index contributed by atoms with van der Waals surface area (Å²) < 4.78 is 0. The van der Waals surface area contributed by atoms with Gasteiger partial charge < -0.3 is 4.98 Å². The minimum Gasteiger partial charge on any atom is -0.309 e. The number of benzene rings is 1. The number of likely N-dealkylation sites (tertiary alicyclic amines) is 1. The number of hydrogen-bond donors (Lipinski definition) is 1. The van der Waals surface area contributed by atoms with Crippen LogP contribution in [0.1, 0.15) is 25.6 Å². The molecular weight excluding hydrogens is 262 g/mol. The van der Waals surface area contributed by atoms with Crippen molar-refractivity contribution in [3.8, 4) is 0 Å². The number of hydrogen-bond acceptors (Lipinski definition) is 3. The van der Waals surface area contributed by atoms with Gasteiger partial charge in [-0.05, 0) is 44.5 Å². The molecule has 0 spiro atoms. The molecule has 1 aliphatic rings. The summed E-state index contributed by atoms with van der Waals surface area (Å²) in [6.45, 7) is 3.97. The summed E-state index contributed by atoms with van der Waals surface area (Å²) in [5.74, 6) is 0.716. The predicted molar refractivity (Wildman–Crippen MR) is 76.5 cm³/mol. The van der Waals surface area contributed by atoms with E-state index in [4.69, 9.17) is 11.6 Å². The van der Waals surface area contributed by atoms with Crippen molar-refractivity contribution in [2.45, 2.75) is 32.4 Å². The maximum atomic E-state index is 12.0. The SMILES string of the molecule is CC1CCCN1Cc1nc2cc(Cl)ccc2c(=O)[nH]1. The number of halogens is 1. The molecule has 1 saturated heterocycles. The Morgan fingerprint density at radius 2 is 2.37 bits per heavy atom. The second kappa shape index (κ2) is 4.94. The highest BCUT2D eigenvalue weighted by atomic mass is 35.5. The van der Waals surface area contributed by atoms with Crippen molar-refractivity contribution in [1.82, 2.24) is 14.9 Å². The number of aromatic amines is 1. The van der Waals surface area contributed by atoms with Crippen molar-refractivity contribution in [1.29, 1.82) is 0 Å². The number of H-pyrrole nitrogens is 1. The number of rotatable bonds is 2. The zero-order valence-corrected chi connectivity index (χ0v) is 11.6. The van der Waals surface area contributed by atoms with Gasteiger partial charge in [-0.1, -0.05) is 11.6 Å². The third-order valence-corrected chi connectivity index (χ3v) is 4.00. The summed E-state index contributed by atoms with van der Waals surface area (Å²) in [6.07, 6.45) is 2.43. The number of aromatic nitrogens is 2. The van der Waals surface area contributed by atoms with Crippen molar-refractivity contribution >= 4 is 22.5 Å². The molecule has 19 heavy (non-hydrogen) atoms. The second-order valence-corrected chi connectivity index (χ2v) is 5.57. The van der Waals surface area contributed by atoms with E-state index < -0.39 is 0 Å². The Morgan fingerprint density at radius 3 is 3.11 bits per heavy atom. The highest BCUT2D eigenvalue weighted by Crippen LogP contribution is 2.19. The van der Waals surface area contributed by atoms with Crippen molar-refractivity contribution in [3.63, 3.8) is 0 Å². The van der Waals surface area contributed by atoms with Crippen LogP contribution in [-0.2, 0) is 6.54 Å². The summed E-state index contributed by atoms with van der Waals surface area (Å²) >= 11 is 5.95. The molecule has 1 unspecified atom stereocenters. The zero-order chi connectivity index (χ0) is 13.4. The molecule has 2 aromatic rings. The third kappa shape index (κ3) is 2.51. The maximum absolute atomic E-state index is 12.0. The standard InChI is InChI=1S/C14H16ClN3O/c1-9-3-2-6-18(9)8-13-16-12-7-10(15)4-5-11(12)14(19)17-13/h4-5,7,9H,2-3,6,8H2,1H3,(H,16,17,19). The Morgan fingerprint density at radius 1 is 1.53 bits per heavy atom. The Hall–Kier alpha value is -1.39. The molecule has 1 atom stereocenters. The molecule has 1 aromatic carbocycles. The van der Waals surface area contributed by atoms with Crippen LogP contribution in [0, 0.1) is 0 Å². The minimum atomic E-state index is -0.0940. The normalized spacial score (nSPS) is 20.2. The Bertz CT molecular complexity index is 667. The average Bonchev–Trinajstić information content (AvgIpc) is 2.74. The predicted octanol–water partition coefficient (Wildman–Crippen LogP) is 2.56. The van der Waals surface area contributed by atoms with Crippen molar-refractivity contribution < 1.29 is 0 Å². The molecule has 100 valence electrons. The van der Waals surface area contributed by atoms with Crippen LogP contribution in [0.5, 0.6) is 0 Å². The lowest BCUT2D eigenvalue weighted by molar-refractivity contribution is 0.254. The molecule has 1 fully saturated rings. The molecule has 0 saturated carbocycles. The highest BCUT2D eigenvalue weighted by Gasteiger charge is 2.21. The average molecular weight is 278 g/mol. The van der Waals surface area contributed by atoms with Crippen molar-refractivity contribution in [2.24, 2.45) is 0 Å². The number of fused-ring (bicyclic) bond motifs is 1. The van der Waals surface area contributed by atoms with E-state index in [9.17, 15) is 4.79 Å². The van der Waals surface area contributed by atoms with Crippen LogP contribution in [0.4, 0.5) is 0 Å². The Labute approximate surface area is 116 Å². The first-order valence-corrected chi connectivity index (χ1v) is 6.94. The zero-order valence-electron chi connectivity index (χ0n) is 10.8. The van der Waals surface area contributed by atoms with Gasteiger partial charge >= 0.3 is 0 Å². The van der Waals surface area contributed by atoms with Crippen LogP contribution in [0.15, 0.2) is 23.0 Å².